The number of halogens is 3. The third-order valence-electron chi connectivity index (χ3n) is 7.39. The lowest BCUT2D eigenvalue weighted by molar-refractivity contribution is -0.137. The maximum Gasteiger partial charge on any atom is 0.416 e. The standard InChI is InChI=1S/C23H30F3N3O4S/c1-4-22(27-15(2)30)13-29(14-22)20(31)28-11-21(12-28)9-17(10-21)5-16-6-18(23(24,25)26)8-19(7-16)34(3,32)33/h6-8,17H,4-5,9-14H2,1-3H3,(H,27,30). The molecular formula is C23H30F3N3O4S. The van der Waals surface area contributed by atoms with Gasteiger partial charge in [-0.15, -0.1) is 0 Å². The number of hydrogen-bond donors (Lipinski definition) is 1. The van der Waals surface area contributed by atoms with Gasteiger partial charge in [0, 0.05) is 44.8 Å². The molecule has 0 radical (unpaired) electrons. The van der Waals surface area contributed by atoms with E-state index in [9.17, 15) is 31.2 Å². The van der Waals surface area contributed by atoms with Crippen LogP contribution < -0.4 is 5.32 Å². The van der Waals surface area contributed by atoms with Crippen molar-refractivity contribution in [3.8, 4) is 0 Å². The van der Waals surface area contributed by atoms with E-state index in [0.717, 1.165) is 31.6 Å². The van der Waals surface area contributed by atoms with E-state index >= 15 is 0 Å². The van der Waals surface area contributed by atoms with Crippen molar-refractivity contribution in [2.75, 3.05) is 32.4 Å². The van der Waals surface area contributed by atoms with Gasteiger partial charge in [-0.25, -0.2) is 13.2 Å². The number of hydrogen-bond acceptors (Lipinski definition) is 4. The van der Waals surface area contributed by atoms with Crippen molar-refractivity contribution in [3.63, 3.8) is 0 Å². The molecule has 188 valence electrons. The van der Waals surface area contributed by atoms with Crippen molar-refractivity contribution in [2.45, 2.75) is 56.1 Å². The summed E-state index contributed by atoms with van der Waals surface area (Å²) < 4.78 is 63.5. The number of nitrogens with zero attached hydrogens (tertiary/aromatic N) is 2. The molecule has 0 bridgehead atoms. The van der Waals surface area contributed by atoms with Crippen molar-refractivity contribution in [1.82, 2.24) is 15.1 Å². The highest BCUT2D eigenvalue weighted by Crippen LogP contribution is 2.53. The quantitative estimate of drug-likeness (QED) is 0.672. The van der Waals surface area contributed by atoms with Crippen LogP contribution >= 0.6 is 0 Å². The summed E-state index contributed by atoms with van der Waals surface area (Å²) >= 11 is 0. The van der Waals surface area contributed by atoms with Crippen LogP contribution in [-0.2, 0) is 27.2 Å². The second-order valence-electron chi connectivity index (χ2n) is 10.4. The molecule has 3 amide bonds. The average Bonchev–Trinajstić information content (AvgIpc) is 2.62. The summed E-state index contributed by atoms with van der Waals surface area (Å²) in [5.41, 5.74) is -0.915. The van der Waals surface area contributed by atoms with Crippen molar-refractivity contribution >= 4 is 21.8 Å². The molecule has 0 unspecified atom stereocenters. The zero-order valence-corrected chi connectivity index (χ0v) is 20.4. The first kappa shape index (κ1) is 24.8. The summed E-state index contributed by atoms with van der Waals surface area (Å²) in [6, 6.07) is 3.02. The van der Waals surface area contributed by atoms with Crippen LogP contribution in [0.3, 0.4) is 0 Å². The largest absolute Gasteiger partial charge is 0.416 e. The van der Waals surface area contributed by atoms with Gasteiger partial charge < -0.3 is 15.1 Å². The molecule has 3 fully saturated rings. The number of nitrogens with one attached hydrogen (secondary N) is 1. The lowest BCUT2D eigenvalue weighted by Gasteiger charge is -2.61. The zero-order chi connectivity index (χ0) is 25.1. The van der Waals surface area contributed by atoms with Gasteiger partial charge in [-0.3, -0.25) is 4.79 Å². The van der Waals surface area contributed by atoms with Gasteiger partial charge in [0.2, 0.25) is 5.91 Å². The number of likely N-dealkylation sites (tertiary alicyclic amines) is 2. The SMILES string of the molecule is CCC1(NC(C)=O)CN(C(=O)N2CC3(CC(Cc4cc(C(F)(F)F)cc(S(C)(=O)=O)c4)C3)C2)C1. The first-order valence-corrected chi connectivity index (χ1v) is 13.3. The number of benzene rings is 1. The van der Waals surface area contributed by atoms with Gasteiger partial charge in [0.1, 0.15) is 0 Å². The molecule has 0 aromatic heterocycles. The van der Waals surface area contributed by atoms with E-state index in [1.165, 1.54) is 13.0 Å². The molecular weight excluding hydrogens is 471 g/mol. The Morgan fingerprint density at radius 3 is 2.18 bits per heavy atom. The first-order valence-electron chi connectivity index (χ1n) is 11.4. The fraction of sp³-hybridized carbons (Fsp3) is 0.652. The molecule has 2 aliphatic heterocycles. The first-order chi connectivity index (χ1) is 15.6. The van der Waals surface area contributed by atoms with E-state index in [4.69, 9.17) is 0 Å². The third-order valence-corrected chi connectivity index (χ3v) is 8.48. The van der Waals surface area contributed by atoms with Crippen LogP contribution in [0.1, 0.15) is 44.2 Å². The van der Waals surface area contributed by atoms with Gasteiger partial charge in [-0.2, -0.15) is 13.2 Å². The second-order valence-corrected chi connectivity index (χ2v) is 12.4. The zero-order valence-electron chi connectivity index (χ0n) is 19.5. The third kappa shape index (κ3) is 4.76. The van der Waals surface area contributed by atoms with Crippen LogP contribution in [0.2, 0.25) is 0 Å². The van der Waals surface area contributed by atoms with Crippen LogP contribution in [0.5, 0.6) is 0 Å². The van der Waals surface area contributed by atoms with Crippen molar-refractivity contribution < 1.29 is 31.2 Å². The Balaban J connectivity index is 1.31. The maximum absolute atomic E-state index is 13.3. The summed E-state index contributed by atoms with van der Waals surface area (Å²) in [7, 11) is -3.76. The lowest BCUT2D eigenvalue weighted by atomic mass is 9.56. The van der Waals surface area contributed by atoms with Gasteiger partial charge in [0.25, 0.3) is 0 Å². The summed E-state index contributed by atoms with van der Waals surface area (Å²) in [6.45, 7) is 5.67. The summed E-state index contributed by atoms with van der Waals surface area (Å²) in [5, 5.41) is 2.94. The number of carbonyl (C=O) groups is 2. The second kappa shape index (κ2) is 8.13. The molecule has 1 saturated carbocycles. The average molecular weight is 502 g/mol. The molecule has 1 aliphatic carbocycles. The number of carbonyl (C=O) groups excluding carboxylic acids is 2. The van der Waals surface area contributed by atoms with Gasteiger partial charge >= 0.3 is 12.2 Å². The van der Waals surface area contributed by atoms with Crippen molar-refractivity contribution in [2.24, 2.45) is 11.3 Å². The lowest BCUT2D eigenvalue weighted by Crippen LogP contribution is -2.74. The number of alkyl halides is 3. The highest BCUT2D eigenvalue weighted by molar-refractivity contribution is 7.90. The van der Waals surface area contributed by atoms with Crippen molar-refractivity contribution in [1.29, 1.82) is 0 Å². The summed E-state index contributed by atoms with van der Waals surface area (Å²) in [4.78, 5) is 27.3. The highest BCUT2D eigenvalue weighted by atomic mass is 32.2. The monoisotopic (exact) mass is 501 g/mol. The fourth-order valence-corrected chi connectivity index (χ4v) is 6.45. The number of urea groups is 1. The smallest absolute Gasteiger partial charge is 0.347 e. The van der Waals surface area contributed by atoms with Gasteiger partial charge in [0.05, 0.1) is 16.0 Å². The molecule has 7 nitrogen and oxygen atoms in total. The van der Waals surface area contributed by atoms with Crippen molar-refractivity contribution in [3.05, 3.63) is 29.3 Å². The minimum Gasteiger partial charge on any atom is -0.347 e. The normalized spacial score (nSPS) is 21.5. The molecule has 2 saturated heterocycles. The Hall–Kier alpha value is -2.30. The summed E-state index contributed by atoms with van der Waals surface area (Å²) in [5.74, 6) is 0.0476. The van der Waals surface area contributed by atoms with Crippen LogP contribution in [0.4, 0.5) is 18.0 Å². The number of rotatable bonds is 5. The van der Waals surface area contributed by atoms with E-state index in [2.05, 4.69) is 5.32 Å². The van der Waals surface area contributed by atoms with Crippen LogP contribution in [0.15, 0.2) is 23.1 Å². The molecule has 1 spiro atoms. The summed E-state index contributed by atoms with van der Waals surface area (Å²) in [6.07, 6.45) is -0.985. The Kier molecular flexibility index (Phi) is 5.94. The highest BCUT2D eigenvalue weighted by Gasteiger charge is 2.55. The van der Waals surface area contributed by atoms with Crippen LogP contribution in [0.25, 0.3) is 0 Å². The van der Waals surface area contributed by atoms with Gasteiger partial charge in [-0.05, 0) is 55.4 Å². The van der Waals surface area contributed by atoms with E-state index in [-0.39, 0.29) is 33.7 Å². The Labute approximate surface area is 197 Å². The Morgan fingerprint density at radius 1 is 1.09 bits per heavy atom. The van der Waals surface area contributed by atoms with Gasteiger partial charge in [0.15, 0.2) is 9.84 Å². The predicted molar refractivity (Wildman–Crippen MR) is 119 cm³/mol. The number of sulfone groups is 1. The molecule has 3 aliphatic rings. The molecule has 34 heavy (non-hydrogen) atoms. The maximum atomic E-state index is 13.3. The predicted octanol–water partition coefficient (Wildman–Crippen LogP) is 3.08. The van der Waals surface area contributed by atoms with E-state index in [1.54, 1.807) is 9.80 Å². The van der Waals surface area contributed by atoms with E-state index in [0.29, 0.717) is 44.2 Å². The molecule has 1 aromatic rings. The van der Waals surface area contributed by atoms with E-state index in [1.807, 2.05) is 6.92 Å². The fourth-order valence-electron chi connectivity index (χ4n) is 5.74. The molecule has 4 rings (SSSR count). The van der Waals surface area contributed by atoms with Crippen LogP contribution in [-0.4, -0.2) is 68.1 Å². The Morgan fingerprint density at radius 2 is 1.68 bits per heavy atom. The molecule has 2 heterocycles. The molecule has 1 aromatic carbocycles. The molecule has 11 heteroatoms. The molecule has 0 atom stereocenters. The number of amides is 3. The minimum atomic E-state index is -4.61. The van der Waals surface area contributed by atoms with Crippen LogP contribution in [0, 0.1) is 11.3 Å². The van der Waals surface area contributed by atoms with Gasteiger partial charge in [-0.1, -0.05) is 6.92 Å². The topological polar surface area (TPSA) is 86.8 Å². The minimum absolute atomic E-state index is 0.00593. The van der Waals surface area contributed by atoms with E-state index < -0.39 is 21.6 Å². The molecule has 1 N–H and O–H groups in total. The Bertz CT molecular complexity index is 1100.